The van der Waals surface area contributed by atoms with Crippen molar-refractivity contribution in [1.82, 2.24) is 9.78 Å². The van der Waals surface area contributed by atoms with Crippen molar-refractivity contribution in [2.24, 2.45) is 0 Å². The number of thiophene rings is 1. The summed E-state index contributed by atoms with van der Waals surface area (Å²) in [7, 11) is 0. The zero-order valence-corrected chi connectivity index (χ0v) is 18.8. The van der Waals surface area contributed by atoms with Crippen LogP contribution in [0.15, 0.2) is 0 Å². The molecule has 2 aromatic rings. The van der Waals surface area contributed by atoms with Crippen molar-refractivity contribution in [2.45, 2.75) is 47.6 Å². The molecule has 0 atom stereocenters. The van der Waals surface area contributed by atoms with E-state index in [4.69, 9.17) is 9.47 Å². The Hall–Kier alpha value is -3.28. The highest BCUT2D eigenvalue weighted by Crippen LogP contribution is 2.34. The van der Waals surface area contributed by atoms with Gasteiger partial charge in [-0.3, -0.25) is 19.6 Å². The van der Waals surface area contributed by atoms with Gasteiger partial charge in [-0.25, -0.2) is 9.59 Å². The van der Waals surface area contributed by atoms with Crippen LogP contribution in [-0.4, -0.2) is 45.8 Å². The smallest absolute Gasteiger partial charge is 0.348 e. The Morgan fingerprint density at radius 1 is 1.16 bits per heavy atom. The van der Waals surface area contributed by atoms with Gasteiger partial charge in [-0.15, -0.1) is 11.3 Å². The number of hydrogen-bond donors (Lipinski definition) is 1. The molecule has 12 heteroatoms. The summed E-state index contributed by atoms with van der Waals surface area (Å²) >= 11 is 0.907. The van der Waals surface area contributed by atoms with E-state index in [-0.39, 0.29) is 52.3 Å². The van der Waals surface area contributed by atoms with Gasteiger partial charge < -0.3 is 14.8 Å². The number of carbonyl (C=O) groups excluding carboxylic acids is 3. The summed E-state index contributed by atoms with van der Waals surface area (Å²) in [5.74, 6) is -1.84. The highest BCUT2D eigenvalue weighted by molar-refractivity contribution is 7.18. The fourth-order valence-corrected chi connectivity index (χ4v) is 4.02. The number of anilines is 1. The summed E-state index contributed by atoms with van der Waals surface area (Å²) in [5, 5.41) is 17.9. The molecule has 1 N–H and O–H groups in total. The van der Waals surface area contributed by atoms with E-state index in [0.29, 0.717) is 12.0 Å². The number of aromatic nitrogens is 2. The van der Waals surface area contributed by atoms with E-state index in [1.807, 2.05) is 6.92 Å². The van der Waals surface area contributed by atoms with Crippen LogP contribution in [0.1, 0.15) is 57.2 Å². The quantitative estimate of drug-likeness (QED) is 0.347. The van der Waals surface area contributed by atoms with Crippen LogP contribution in [0.2, 0.25) is 0 Å². The maximum absolute atomic E-state index is 12.6. The van der Waals surface area contributed by atoms with Crippen LogP contribution in [0.3, 0.4) is 0 Å². The van der Waals surface area contributed by atoms with Crippen LogP contribution in [0.4, 0.5) is 10.7 Å². The number of rotatable bonds is 9. The molecule has 0 aliphatic heterocycles. The third-order valence-electron chi connectivity index (χ3n) is 4.32. The largest absolute Gasteiger partial charge is 0.462 e. The maximum atomic E-state index is 12.6. The van der Waals surface area contributed by atoms with Crippen molar-refractivity contribution < 1.29 is 28.8 Å². The van der Waals surface area contributed by atoms with Crippen LogP contribution in [0.5, 0.6) is 0 Å². The van der Waals surface area contributed by atoms with Crippen LogP contribution in [-0.2, 0) is 20.8 Å². The third kappa shape index (κ3) is 5.26. The lowest BCUT2D eigenvalue weighted by atomic mass is 10.1. The van der Waals surface area contributed by atoms with E-state index < -0.39 is 22.8 Å². The van der Waals surface area contributed by atoms with Gasteiger partial charge in [-0.05, 0) is 39.7 Å². The first kappa shape index (κ1) is 24.0. The molecule has 2 heterocycles. The minimum atomic E-state index is -0.664. The molecule has 0 saturated carbocycles. The summed E-state index contributed by atoms with van der Waals surface area (Å²) in [4.78, 5) is 48.2. The van der Waals surface area contributed by atoms with Crippen LogP contribution in [0, 0.1) is 30.9 Å². The highest BCUT2D eigenvalue weighted by atomic mass is 32.1. The van der Waals surface area contributed by atoms with Gasteiger partial charge in [0.2, 0.25) is 5.91 Å². The zero-order valence-electron chi connectivity index (χ0n) is 17.9. The van der Waals surface area contributed by atoms with Gasteiger partial charge in [0, 0.05) is 0 Å². The van der Waals surface area contributed by atoms with E-state index in [2.05, 4.69) is 10.4 Å². The van der Waals surface area contributed by atoms with Crippen molar-refractivity contribution in [2.75, 3.05) is 18.5 Å². The van der Waals surface area contributed by atoms with Gasteiger partial charge in [0.1, 0.15) is 27.8 Å². The molecule has 2 rings (SSSR count). The molecule has 0 spiro atoms. The second-order valence-electron chi connectivity index (χ2n) is 6.60. The monoisotopic (exact) mass is 452 g/mol. The second kappa shape index (κ2) is 10.2. The lowest BCUT2D eigenvalue weighted by molar-refractivity contribution is -0.386. The molecule has 0 aliphatic carbocycles. The first-order chi connectivity index (χ1) is 14.6. The molecule has 11 nitrogen and oxygen atoms in total. The minimum Gasteiger partial charge on any atom is -0.462 e. The van der Waals surface area contributed by atoms with Gasteiger partial charge in [-0.2, -0.15) is 5.10 Å². The molecule has 0 radical (unpaired) electrons. The Bertz CT molecular complexity index is 1030. The van der Waals surface area contributed by atoms with Gasteiger partial charge in [0.25, 0.3) is 0 Å². The Balaban J connectivity index is 2.34. The lowest BCUT2D eigenvalue weighted by Gasteiger charge is -2.08. The Labute approximate surface area is 182 Å². The summed E-state index contributed by atoms with van der Waals surface area (Å²) in [6.45, 7) is 8.08. The number of ether oxygens (including phenoxy) is 2. The zero-order chi connectivity index (χ0) is 23.3. The first-order valence-electron chi connectivity index (χ1n) is 9.58. The van der Waals surface area contributed by atoms with E-state index in [1.54, 1.807) is 13.8 Å². The molecule has 168 valence electrons. The third-order valence-corrected chi connectivity index (χ3v) is 5.51. The number of carbonyl (C=O) groups is 3. The average molecular weight is 452 g/mol. The molecule has 31 heavy (non-hydrogen) atoms. The topological polar surface area (TPSA) is 143 Å². The minimum absolute atomic E-state index is 0.0780. The molecule has 0 unspecified atom stereocenters. The molecule has 0 aromatic carbocycles. The van der Waals surface area contributed by atoms with Gasteiger partial charge in [0.15, 0.2) is 0 Å². The highest BCUT2D eigenvalue weighted by Gasteiger charge is 2.28. The van der Waals surface area contributed by atoms with Crippen molar-refractivity contribution >= 4 is 39.9 Å². The van der Waals surface area contributed by atoms with Crippen molar-refractivity contribution in [3.05, 3.63) is 37.5 Å². The molecule has 0 saturated heterocycles. The van der Waals surface area contributed by atoms with Crippen LogP contribution >= 0.6 is 11.3 Å². The number of nitrogens with zero attached hydrogens (tertiary/aromatic N) is 3. The molecule has 0 aliphatic rings. The van der Waals surface area contributed by atoms with E-state index in [1.165, 1.54) is 18.5 Å². The van der Waals surface area contributed by atoms with Crippen LogP contribution < -0.4 is 5.32 Å². The standard InChI is InChI=1S/C19H24N4O7S/c1-6-8-30-18(25)14-10(3)16(19(26)29-7-2)31-17(14)20-13(24)9-22-12(5)15(23(27)28)11(4)21-22/h6-9H2,1-5H3,(H,20,24). The molecule has 1 amide bonds. The molecule has 0 bridgehead atoms. The maximum Gasteiger partial charge on any atom is 0.348 e. The number of nitro groups is 1. The van der Waals surface area contributed by atoms with E-state index >= 15 is 0 Å². The second-order valence-corrected chi connectivity index (χ2v) is 7.62. The number of aryl methyl sites for hydroxylation is 1. The molecular formula is C19H24N4O7S. The van der Waals surface area contributed by atoms with E-state index in [0.717, 1.165) is 11.3 Å². The molecule has 0 fully saturated rings. The lowest BCUT2D eigenvalue weighted by Crippen LogP contribution is -2.21. The number of amides is 1. The Morgan fingerprint density at radius 2 is 1.84 bits per heavy atom. The van der Waals surface area contributed by atoms with Gasteiger partial charge in [-0.1, -0.05) is 6.92 Å². The molecule has 2 aromatic heterocycles. The summed E-state index contributed by atoms with van der Waals surface area (Å²) in [6, 6.07) is 0. The summed E-state index contributed by atoms with van der Waals surface area (Å²) in [6.07, 6.45) is 0.609. The fourth-order valence-electron chi connectivity index (χ4n) is 2.91. The molecular weight excluding hydrogens is 428 g/mol. The number of hydrogen-bond acceptors (Lipinski definition) is 9. The Morgan fingerprint density at radius 3 is 2.39 bits per heavy atom. The predicted octanol–water partition coefficient (Wildman–Crippen LogP) is 3.16. The number of esters is 2. The normalized spacial score (nSPS) is 10.6. The van der Waals surface area contributed by atoms with Crippen molar-refractivity contribution in [3.63, 3.8) is 0 Å². The van der Waals surface area contributed by atoms with Crippen LogP contribution in [0.25, 0.3) is 0 Å². The fraction of sp³-hybridized carbons (Fsp3) is 0.474. The summed E-state index contributed by atoms with van der Waals surface area (Å²) in [5.41, 5.74) is 0.689. The van der Waals surface area contributed by atoms with Gasteiger partial charge >= 0.3 is 17.6 Å². The SMILES string of the molecule is CCCOC(=O)c1c(NC(=O)Cn2nc(C)c([N+](=O)[O-])c2C)sc(C(=O)OCC)c1C. The number of nitrogens with one attached hydrogen (secondary N) is 1. The van der Waals surface area contributed by atoms with Crippen molar-refractivity contribution in [1.29, 1.82) is 0 Å². The van der Waals surface area contributed by atoms with Crippen molar-refractivity contribution in [3.8, 4) is 0 Å². The summed E-state index contributed by atoms with van der Waals surface area (Å²) < 4.78 is 11.4. The average Bonchev–Trinajstić information content (AvgIpc) is 3.15. The first-order valence-corrected chi connectivity index (χ1v) is 10.4. The van der Waals surface area contributed by atoms with E-state index in [9.17, 15) is 24.5 Å². The predicted molar refractivity (Wildman–Crippen MR) is 113 cm³/mol. The van der Waals surface area contributed by atoms with Gasteiger partial charge in [0.05, 0.1) is 23.7 Å². The Kier molecular flexibility index (Phi) is 7.86.